The molecule has 9 rings (SSSR count). The first-order valence-corrected chi connectivity index (χ1v) is 24.5. The minimum Gasteiger partial charge on any atom is -0.143 e. The highest BCUT2D eigenvalue weighted by Crippen LogP contribution is 2.55. The normalized spacial score (nSPS) is 11.7. The molecule has 0 radical (unpaired) electrons. The second-order valence-electron chi connectivity index (χ2n) is 15.4. The Hall–Kier alpha value is -4.58. The van der Waals surface area contributed by atoms with E-state index in [1.807, 2.05) is 45.3 Å². The van der Waals surface area contributed by atoms with E-state index in [1.54, 1.807) is 22.3 Å². The molecule has 0 unspecified atom stereocenters. The maximum atomic E-state index is 2.67. The number of thiophene rings is 4. The van der Waals surface area contributed by atoms with Gasteiger partial charge in [-0.25, -0.2) is 0 Å². The quantitative estimate of drug-likeness (QED) is 0.0958. The summed E-state index contributed by atoms with van der Waals surface area (Å²) in [6, 6.07) is 46.2. The van der Waals surface area contributed by atoms with E-state index >= 15 is 0 Å². The molecule has 5 aromatic carbocycles. The van der Waals surface area contributed by atoms with Crippen LogP contribution >= 0.6 is 45.3 Å². The Morgan fingerprint density at radius 3 is 1.07 bits per heavy atom. The van der Waals surface area contributed by atoms with Crippen molar-refractivity contribution in [3.63, 3.8) is 0 Å². The van der Waals surface area contributed by atoms with Gasteiger partial charge in [0.2, 0.25) is 0 Å². The summed E-state index contributed by atoms with van der Waals surface area (Å²) in [4.78, 5) is 7.95. The number of fused-ring (bicyclic) bond motifs is 2. The van der Waals surface area contributed by atoms with Crippen LogP contribution in [0.1, 0.15) is 75.6 Å². The maximum Gasteiger partial charge on any atom is 0.0449 e. The van der Waals surface area contributed by atoms with Crippen LogP contribution in [0, 0.1) is 0 Å². The Morgan fingerprint density at radius 1 is 0.328 bits per heavy atom. The summed E-state index contributed by atoms with van der Waals surface area (Å²) in [6.07, 6.45) is 9.10. The van der Waals surface area contributed by atoms with Crippen LogP contribution in [0.4, 0.5) is 0 Å². The van der Waals surface area contributed by atoms with E-state index in [0.717, 1.165) is 51.4 Å². The minimum atomic E-state index is 1.10. The van der Waals surface area contributed by atoms with Crippen LogP contribution in [0.5, 0.6) is 0 Å². The monoisotopic (exact) mass is 826 g/mol. The van der Waals surface area contributed by atoms with Crippen molar-refractivity contribution >= 4 is 66.9 Å². The molecule has 290 valence electrons. The Morgan fingerprint density at radius 2 is 0.707 bits per heavy atom. The molecule has 58 heavy (non-hydrogen) atoms. The number of hydrogen-bond acceptors (Lipinski definition) is 4. The van der Waals surface area contributed by atoms with Crippen LogP contribution in [0.25, 0.3) is 84.2 Å². The van der Waals surface area contributed by atoms with E-state index in [9.17, 15) is 0 Å². The van der Waals surface area contributed by atoms with Crippen molar-refractivity contribution in [1.82, 2.24) is 0 Å². The Balaban J connectivity index is 1.53. The molecule has 4 heteroatoms. The van der Waals surface area contributed by atoms with Crippen LogP contribution in [0.15, 0.2) is 132 Å². The molecule has 9 aromatic rings. The highest BCUT2D eigenvalue weighted by atomic mass is 32.1. The molecule has 4 aromatic heterocycles. The highest BCUT2D eigenvalue weighted by molar-refractivity contribution is 7.24. The molecule has 0 nitrogen and oxygen atoms in total. The lowest BCUT2D eigenvalue weighted by atomic mass is 9.78. The summed E-state index contributed by atoms with van der Waals surface area (Å²) in [6.45, 7) is 9.46. The molecular formula is C54H50S4. The molecule has 0 aliphatic heterocycles. The summed E-state index contributed by atoms with van der Waals surface area (Å²) in [5.74, 6) is 0. The maximum absolute atomic E-state index is 2.67. The minimum absolute atomic E-state index is 1.10. The van der Waals surface area contributed by atoms with Gasteiger partial charge in [-0.15, -0.1) is 45.3 Å². The van der Waals surface area contributed by atoms with Crippen LogP contribution in [0.2, 0.25) is 0 Å². The lowest BCUT2D eigenvalue weighted by molar-refractivity contribution is 0.810. The molecule has 0 aliphatic rings. The lowest BCUT2D eigenvalue weighted by Crippen LogP contribution is -2.08. The van der Waals surface area contributed by atoms with Gasteiger partial charge in [0.05, 0.1) is 0 Å². The van der Waals surface area contributed by atoms with E-state index in [2.05, 4.69) is 160 Å². The van der Waals surface area contributed by atoms with Crippen LogP contribution < -0.4 is 0 Å². The number of rotatable bonds is 14. The van der Waals surface area contributed by atoms with E-state index < -0.39 is 0 Å². The largest absolute Gasteiger partial charge is 0.143 e. The average Bonchev–Trinajstić information content (AvgIpc) is 4.11. The zero-order valence-corrected chi connectivity index (χ0v) is 37.3. The van der Waals surface area contributed by atoms with Gasteiger partial charge in [0, 0.05) is 40.4 Å². The summed E-state index contributed by atoms with van der Waals surface area (Å²) < 4.78 is 0. The topological polar surface area (TPSA) is 0 Å². The zero-order chi connectivity index (χ0) is 39.6. The predicted molar refractivity (Wildman–Crippen MR) is 262 cm³/mol. The molecule has 0 saturated heterocycles. The number of aryl methyl sites for hydroxylation is 2. The average molecular weight is 827 g/mol. The van der Waals surface area contributed by atoms with Gasteiger partial charge in [0.15, 0.2) is 0 Å². The van der Waals surface area contributed by atoms with E-state index in [0.29, 0.717) is 0 Å². The third-order valence-electron chi connectivity index (χ3n) is 11.5. The number of benzene rings is 5. The van der Waals surface area contributed by atoms with Gasteiger partial charge >= 0.3 is 0 Å². The molecule has 0 spiro atoms. The van der Waals surface area contributed by atoms with Crippen molar-refractivity contribution in [2.45, 2.75) is 79.1 Å². The molecule has 0 aliphatic carbocycles. The van der Waals surface area contributed by atoms with Gasteiger partial charge in [-0.2, -0.15) is 0 Å². The molecule has 0 fully saturated rings. The van der Waals surface area contributed by atoms with E-state index in [4.69, 9.17) is 0 Å². The van der Waals surface area contributed by atoms with Gasteiger partial charge in [-0.3, -0.25) is 0 Å². The summed E-state index contributed by atoms with van der Waals surface area (Å²) >= 11 is 7.54. The number of hydrogen-bond donors (Lipinski definition) is 0. The van der Waals surface area contributed by atoms with Gasteiger partial charge in [0.25, 0.3) is 0 Å². The van der Waals surface area contributed by atoms with E-state index in [1.165, 1.54) is 84.2 Å². The van der Waals surface area contributed by atoms with Crippen molar-refractivity contribution in [2.24, 2.45) is 0 Å². The van der Waals surface area contributed by atoms with Gasteiger partial charge in [-0.05, 0) is 151 Å². The first-order chi connectivity index (χ1) is 28.6. The molecule has 0 atom stereocenters. The third-order valence-corrected chi connectivity index (χ3v) is 15.9. The second kappa shape index (κ2) is 17.3. The van der Waals surface area contributed by atoms with Gasteiger partial charge in [0.1, 0.15) is 0 Å². The van der Waals surface area contributed by atoms with E-state index in [-0.39, 0.29) is 0 Å². The Kier molecular flexibility index (Phi) is 11.6. The standard InChI is InChI=1S/C54H50S4/c1-5-17-37-38(18-6-2)40(20-8-4)42-34-44-43(33-41(42)39(37)19-7-3)53(49-29-27-47(57-49)45-25-15-31-55-45)51(35-21-11-9-12-22-35)52(36-23-13-10-14-24-36)54(44)50-30-28-48(58-50)46-26-16-32-56-46/h9-16,21-34H,5-8,17-20H2,1-4H3. The summed E-state index contributed by atoms with van der Waals surface area (Å²) in [5, 5.41) is 10.1. The summed E-state index contributed by atoms with van der Waals surface area (Å²) in [7, 11) is 0. The predicted octanol–water partition coefficient (Wildman–Crippen LogP) is 18.1. The molecule has 4 heterocycles. The highest BCUT2D eigenvalue weighted by Gasteiger charge is 2.28. The van der Waals surface area contributed by atoms with Gasteiger partial charge < -0.3 is 0 Å². The SMILES string of the molecule is CCCc1c(CCC)c(CCC)c2cc3c(-c4ccc(-c5cccs5)s4)c(-c4ccccc4)c(-c4ccccc4)c(-c4ccc(-c5cccs5)s4)c3cc2c1CCC. The van der Waals surface area contributed by atoms with Crippen LogP contribution in [-0.2, 0) is 25.7 Å². The third kappa shape index (κ3) is 7.13. The first kappa shape index (κ1) is 38.9. The fraction of sp³-hybridized carbons (Fsp3) is 0.222. The Labute approximate surface area is 360 Å². The smallest absolute Gasteiger partial charge is 0.0449 e. The van der Waals surface area contributed by atoms with Crippen molar-refractivity contribution < 1.29 is 0 Å². The Bertz CT molecular complexity index is 2600. The van der Waals surface area contributed by atoms with Crippen molar-refractivity contribution in [3.05, 3.63) is 154 Å². The molecular weight excluding hydrogens is 777 g/mol. The zero-order valence-electron chi connectivity index (χ0n) is 34.0. The van der Waals surface area contributed by atoms with Crippen molar-refractivity contribution in [2.75, 3.05) is 0 Å². The first-order valence-electron chi connectivity index (χ1n) is 21.1. The van der Waals surface area contributed by atoms with Crippen molar-refractivity contribution in [3.8, 4) is 62.6 Å². The molecule has 0 N–H and O–H groups in total. The molecule has 0 amide bonds. The van der Waals surface area contributed by atoms with Crippen LogP contribution in [-0.4, -0.2) is 0 Å². The van der Waals surface area contributed by atoms with Crippen molar-refractivity contribution in [1.29, 1.82) is 0 Å². The summed E-state index contributed by atoms with van der Waals surface area (Å²) in [5.41, 5.74) is 14.3. The molecule has 0 saturated carbocycles. The second-order valence-corrected chi connectivity index (χ2v) is 19.4. The lowest BCUT2D eigenvalue weighted by Gasteiger charge is -2.26. The fourth-order valence-electron chi connectivity index (χ4n) is 9.24. The fourth-order valence-corrected chi connectivity index (χ4v) is 13.1. The van der Waals surface area contributed by atoms with Gasteiger partial charge in [-0.1, -0.05) is 126 Å². The van der Waals surface area contributed by atoms with Crippen LogP contribution in [0.3, 0.4) is 0 Å². The molecule has 0 bridgehead atoms.